The van der Waals surface area contributed by atoms with Gasteiger partial charge in [-0.15, -0.1) is 0 Å². The highest BCUT2D eigenvalue weighted by atomic mass is 35.5. The van der Waals surface area contributed by atoms with E-state index in [4.69, 9.17) is 21.9 Å². The summed E-state index contributed by atoms with van der Waals surface area (Å²) in [7, 11) is 0. The Bertz CT molecular complexity index is 624. The number of hydrogen-bond acceptors (Lipinski definition) is 5. The van der Waals surface area contributed by atoms with E-state index in [0.29, 0.717) is 34.3 Å². The van der Waals surface area contributed by atoms with Gasteiger partial charge in [-0.1, -0.05) is 16.8 Å². The van der Waals surface area contributed by atoms with Gasteiger partial charge in [-0.25, -0.2) is 0 Å². The van der Waals surface area contributed by atoms with E-state index in [1.165, 1.54) is 19.3 Å². The molecule has 2 heterocycles. The first-order valence-electron chi connectivity index (χ1n) is 6.93. The summed E-state index contributed by atoms with van der Waals surface area (Å²) in [4.78, 5) is 8.71. The third-order valence-corrected chi connectivity index (χ3v) is 4.89. The van der Waals surface area contributed by atoms with Crippen molar-refractivity contribution in [2.75, 3.05) is 0 Å². The Morgan fingerprint density at radius 2 is 2.10 bits per heavy atom. The average molecular weight is 291 g/mol. The third-order valence-electron chi connectivity index (χ3n) is 4.66. The zero-order valence-electron chi connectivity index (χ0n) is 10.9. The van der Waals surface area contributed by atoms with Gasteiger partial charge in [-0.2, -0.15) is 4.98 Å². The van der Waals surface area contributed by atoms with Crippen molar-refractivity contribution in [3.8, 4) is 11.5 Å². The minimum Gasteiger partial charge on any atom is -0.339 e. The van der Waals surface area contributed by atoms with Crippen LogP contribution in [0.2, 0.25) is 5.02 Å². The highest BCUT2D eigenvalue weighted by Crippen LogP contribution is 2.51. The Kier molecular flexibility index (Phi) is 2.79. The van der Waals surface area contributed by atoms with Crippen LogP contribution in [-0.2, 0) is 0 Å². The Balaban J connectivity index is 1.64. The normalized spacial score (nSPS) is 31.9. The summed E-state index contributed by atoms with van der Waals surface area (Å²) in [5, 5.41) is 4.62. The lowest BCUT2D eigenvalue weighted by Gasteiger charge is -2.24. The third kappa shape index (κ3) is 1.84. The molecule has 0 saturated heterocycles. The first-order chi connectivity index (χ1) is 9.72. The zero-order chi connectivity index (χ0) is 13.7. The SMILES string of the molecule is NC1C2CCC(C2)C1c1nc(-c2ccc(Cl)cn2)no1. The van der Waals surface area contributed by atoms with Crippen LogP contribution in [0, 0.1) is 11.8 Å². The molecule has 2 saturated carbocycles. The average Bonchev–Trinajstić information content (AvgIpc) is 3.14. The summed E-state index contributed by atoms with van der Waals surface area (Å²) in [6.07, 6.45) is 5.24. The van der Waals surface area contributed by atoms with Crippen molar-refractivity contribution in [3.63, 3.8) is 0 Å². The van der Waals surface area contributed by atoms with E-state index in [0.717, 1.165) is 0 Å². The number of nitrogens with two attached hydrogens (primary N) is 1. The molecule has 2 fully saturated rings. The van der Waals surface area contributed by atoms with Crippen LogP contribution in [0.15, 0.2) is 22.9 Å². The molecule has 2 aliphatic rings. The van der Waals surface area contributed by atoms with Gasteiger partial charge in [0.15, 0.2) is 0 Å². The quantitative estimate of drug-likeness (QED) is 0.920. The van der Waals surface area contributed by atoms with E-state index in [2.05, 4.69) is 15.1 Å². The maximum atomic E-state index is 6.30. The topological polar surface area (TPSA) is 77.8 Å². The van der Waals surface area contributed by atoms with Crippen LogP contribution in [0.25, 0.3) is 11.5 Å². The van der Waals surface area contributed by atoms with Crippen molar-refractivity contribution in [3.05, 3.63) is 29.2 Å². The molecule has 0 amide bonds. The van der Waals surface area contributed by atoms with Gasteiger partial charge in [0.1, 0.15) is 5.69 Å². The summed E-state index contributed by atoms with van der Waals surface area (Å²) in [5.41, 5.74) is 6.97. The van der Waals surface area contributed by atoms with Crippen molar-refractivity contribution in [2.24, 2.45) is 17.6 Å². The molecule has 5 nitrogen and oxygen atoms in total. The fraction of sp³-hybridized carbons (Fsp3) is 0.500. The molecule has 2 aromatic heterocycles. The van der Waals surface area contributed by atoms with E-state index in [1.807, 2.05) is 0 Å². The van der Waals surface area contributed by atoms with Gasteiger partial charge in [-0.3, -0.25) is 4.98 Å². The van der Waals surface area contributed by atoms with Gasteiger partial charge < -0.3 is 10.3 Å². The van der Waals surface area contributed by atoms with E-state index in [9.17, 15) is 0 Å². The van der Waals surface area contributed by atoms with Gasteiger partial charge >= 0.3 is 0 Å². The van der Waals surface area contributed by atoms with Crippen LogP contribution >= 0.6 is 11.6 Å². The second kappa shape index (κ2) is 4.53. The van der Waals surface area contributed by atoms with Crippen molar-refractivity contribution in [1.82, 2.24) is 15.1 Å². The Hall–Kier alpha value is -1.46. The lowest BCUT2D eigenvalue weighted by molar-refractivity contribution is 0.279. The molecular formula is C14H15ClN4O. The van der Waals surface area contributed by atoms with Gasteiger partial charge in [0, 0.05) is 12.2 Å². The zero-order valence-corrected chi connectivity index (χ0v) is 11.6. The molecule has 0 aromatic carbocycles. The fourth-order valence-electron chi connectivity index (χ4n) is 3.68. The molecule has 2 N–H and O–H groups in total. The molecule has 4 rings (SSSR count). The van der Waals surface area contributed by atoms with Gasteiger partial charge in [0.2, 0.25) is 11.7 Å². The van der Waals surface area contributed by atoms with E-state index >= 15 is 0 Å². The van der Waals surface area contributed by atoms with Gasteiger partial charge in [-0.05, 0) is 43.2 Å². The maximum absolute atomic E-state index is 6.30. The van der Waals surface area contributed by atoms with E-state index < -0.39 is 0 Å². The second-order valence-corrected chi connectivity index (χ2v) is 6.19. The van der Waals surface area contributed by atoms with Crippen molar-refractivity contribution in [1.29, 1.82) is 0 Å². The Morgan fingerprint density at radius 3 is 2.80 bits per heavy atom. The molecular weight excluding hydrogens is 276 g/mol. The molecule has 104 valence electrons. The smallest absolute Gasteiger partial charge is 0.231 e. The Morgan fingerprint density at radius 1 is 1.25 bits per heavy atom. The van der Waals surface area contributed by atoms with E-state index in [-0.39, 0.29) is 12.0 Å². The molecule has 4 unspecified atom stereocenters. The highest BCUT2D eigenvalue weighted by molar-refractivity contribution is 6.30. The largest absolute Gasteiger partial charge is 0.339 e. The number of hydrogen-bond donors (Lipinski definition) is 1. The molecule has 2 aromatic rings. The molecule has 2 bridgehead atoms. The standard InChI is InChI=1S/C14H15ClN4O/c15-9-3-4-10(17-6-9)13-18-14(20-19-13)11-7-1-2-8(5-7)12(11)16/h3-4,6-8,11-12H,1-2,5,16H2. The minimum atomic E-state index is 0.153. The van der Waals surface area contributed by atoms with Gasteiger partial charge in [0.05, 0.1) is 10.9 Å². The molecule has 0 radical (unpaired) electrons. The number of fused-ring (bicyclic) bond motifs is 2. The van der Waals surface area contributed by atoms with Crippen LogP contribution in [-0.4, -0.2) is 21.2 Å². The maximum Gasteiger partial charge on any atom is 0.231 e. The fourth-order valence-corrected chi connectivity index (χ4v) is 3.80. The summed E-state index contributed by atoms with van der Waals surface area (Å²) in [5.74, 6) is 2.60. The first-order valence-corrected chi connectivity index (χ1v) is 7.31. The first kappa shape index (κ1) is 12.3. The van der Waals surface area contributed by atoms with Crippen LogP contribution in [0.1, 0.15) is 31.1 Å². The van der Waals surface area contributed by atoms with Crippen molar-refractivity contribution >= 4 is 11.6 Å². The molecule has 4 atom stereocenters. The molecule has 0 aliphatic heterocycles. The number of pyridine rings is 1. The molecule has 2 aliphatic carbocycles. The van der Waals surface area contributed by atoms with Crippen molar-refractivity contribution in [2.45, 2.75) is 31.2 Å². The molecule has 20 heavy (non-hydrogen) atoms. The van der Waals surface area contributed by atoms with Crippen LogP contribution in [0.3, 0.4) is 0 Å². The lowest BCUT2D eigenvalue weighted by atomic mass is 9.85. The lowest BCUT2D eigenvalue weighted by Crippen LogP contribution is -2.34. The second-order valence-electron chi connectivity index (χ2n) is 5.75. The summed E-state index contributed by atoms with van der Waals surface area (Å²) in [6.45, 7) is 0. The Labute approximate surface area is 121 Å². The summed E-state index contributed by atoms with van der Waals surface area (Å²) < 4.78 is 5.44. The summed E-state index contributed by atoms with van der Waals surface area (Å²) >= 11 is 5.83. The van der Waals surface area contributed by atoms with Crippen LogP contribution in [0.5, 0.6) is 0 Å². The minimum absolute atomic E-state index is 0.153. The van der Waals surface area contributed by atoms with Crippen molar-refractivity contribution < 1.29 is 4.52 Å². The highest BCUT2D eigenvalue weighted by Gasteiger charge is 2.48. The number of nitrogens with zero attached hydrogens (tertiary/aromatic N) is 3. The number of aromatic nitrogens is 3. The number of rotatable bonds is 2. The predicted octanol–water partition coefficient (Wildman–Crippen LogP) is 2.63. The summed E-state index contributed by atoms with van der Waals surface area (Å²) in [6, 6.07) is 3.71. The molecule has 0 spiro atoms. The predicted molar refractivity (Wildman–Crippen MR) is 74.1 cm³/mol. The van der Waals surface area contributed by atoms with Crippen LogP contribution < -0.4 is 5.73 Å². The molecule has 6 heteroatoms. The van der Waals surface area contributed by atoms with Crippen LogP contribution in [0.4, 0.5) is 0 Å². The number of halogens is 1. The monoisotopic (exact) mass is 290 g/mol. The van der Waals surface area contributed by atoms with Gasteiger partial charge in [0.25, 0.3) is 0 Å². The van der Waals surface area contributed by atoms with E-state index in [1.54, 1.807) is 18.3 Å².